The van der Waals surface area contributed by atoms with E-state index in [4.69, 9.17) is 0 Å². The summed E-state index contributed by atoms with van der Waals surface area (Å²) >= 11 is 0. The van der Waals surface area contributed by atoms with Crippen LogP contribution in [0.4, 0.5) is 4.39 Å². The second-order valence-corrected chi connectivity index (χ2v) is 6.95. The van der Waals surface area contributed by atoms with Crippen molar-refractivity contribution in [3.8, 4) is 0 Å². The standard InChI is InChI=1S/C20H28FN3/c21-20-7-5-18(6-8-20)17-19-9-15-23(16-10-19)12-2-1-3-13-24-14-4-11-22-24/h4-8,11,14,19H,1-3,9-10,12-13,15-17H2. The Morgan fingerprint density at radius 1 is 1.00 bits per heavy atom. The van der Waals surface area contributed by atoms with Crippen molar-refractivity contribution in [3.05, 3.63) is 54.1 Å². The third-order valence-corrected chi connectivity index (χ3v) is 5.07. The fourth-order valence-electron chi connectivity index (χ4n) is 3.59. The maximum Gasteiger partial charge on any atom is 0.123 e. The lowest BCUT2D eigenvalue weighted by molar-refractivity contribution is 0.180. The minimum Gasteiger partial charge on any atom is -0.303 e. The molecular weight excluding hydrogens is 301 g/mol. The molecule has 130 valence electrons. The van der Waals surface area contributed by atoms with Crippen molar-refractivity contribution in [1.29, 1.82) is 0 Å². The number of hydrogen-bond acceptors (Lipinski definition) is 2. The van der Waals surface area contributed by atoms with Crippen molar-refractivity contribution < 1.29 is 4.39 Å². The van der Waals surface area contributed by atoms with Crippen LogP contribution >= 0.6 is 0 Å². The molecule has 1 saturated heterocycles. The van der Waals surface area contributed by atoms with Gasteiger partial charge >= 0.3 is 0 Å². The van der Waals surface area contributed by atoms with E-state index in [-0.39, 0.29) is 5.82 Å². The normalized spacial score (nSPS) is 16.5. The predicted molar refractivity (Wildman–Crippen MR) is 95.3 cm³/mol. The van der Waals surface area contributed by atoms with Crippen LogP contribution in [0.5, 0.6) is 0 Å². The Balaban J connectivity index is 1.27. The molecule has 24 heavy (non-hydrogen) atoms. The molecule has 0 N–H and O–H groups in total. The van der Waals surface area contributed by atoms with Crippen molar-refractivity contribution in [3.63, 3.8) is 0 Å². The minimum atomic E-state index is -0.138. The van der Waals surface area contributed by atoms with E-state index in [1.807, 2.05) is 35.3 Å². The Morgan fingerprint density at radius 3 is 2.46 bits per heavy atom. The summed E-state index contributed by atoms with van der Waals surface area (Å²) in [5.41, 5.74) is 1.27. The molecule has 2 heterocycles. The number of benzene rings is 1. The molecule has 0 bridgehead atoms. The minimum absolute atomic E-state index is 0.138. The van der Waals surface area contributed by atoms with Crippen molar-refractivity contribution in [1.82, 2.24) is 14.7 Å². The number of piperidine rings is 1. The third-order valence-electron chi connectivity index (χ3n) is 5.07. The lowest BCUT2D eigenvalue weighted by atomic mass is 9.90. The zero-order chi connectivity index (χ0) is 16.6. The average molecular weight is 329 g/mol. The van der Waals surface area contributed by atoms with Crippen LogP contribution in [0.15, 0.2) is 42.7 Å². The van der Waals surface area contributed by atoms with Crippen LogP contribution in [0.3, 0.4) is 0 Å². The van der Waals surface area contributed by atoms with E-state index < -0.39 is 0 Å². The molecule has 0 spiro atoms. The number of aryl methyl sites for hydroxylation is 1. The Labute approximate surface area is 144 Å². The number of rotatable bonds is 8. The quantitative estimate of drug-likeness (QED) is 0.679. The zero-order valence-electron chi connectivity index (χ0n) is 14.4. The van der Waals surface area contributed by atoms with Gasteiger partial charge in [-0.05, 0) is 81.4 Å². The summed E-state index contributed by atoms with van der Waals surface area (Å²) in [6.45, 7) is 4.69. The first-order valence-electron chi connectivity index (χ1n) is 9.24. The van der Waals surface area contributed by atoms with Gasteiger partial charge in [-0.15, -0.1) is 0 Å². The van der Waals surface area contributed by atoms with Crippen molar-refractivity contribution in [2.75, 3.05) is 19.6 Å². The van der Waals surface area contributed by atoms with Crippen LogP contribution in [0, 0.1) is 11.7 Å². The molecule has 3 nitrogen and oxygen atoms in total. The Kier molecular flexibility index (Phi) is 6.41. The average Bonchev–Trinajstić information content (AvgIpc) is 3.12. The summed E-state index contributed by atoms with van der Waals surface area (Å²) < 4.78 is 15.0. The molecule has 0 radical (unpaired) electrons. The van der Waals surface area contributed by atoms with Crippen molar-refractivity contribution in [2.45, 2.75) is 45.1 Å². The highest BCUT2D eigenvalue weighted by Gasteiger charge is 2.19. The molecule has 0 amide bonds. The van der Waals surface area contributed by atoms with Crippen molar-refractivity contribution in [2.24, 2.45) is 5.92 Å². The molecule has 1 aliphatic heterocycles. The fourth-order valence-corrected chi connectivity index (χ4v) is 3.59. The number of likely N-dealkylation sites (tertiary alicyclic amines) is 1. The first kappa shape index (κ1) is 17.2. The molecule has 1 aliphatic rings. The Bertz CT molecular complexity index is 571. The molecule has 4 heteroatoms. The second kappa shape index (κ2) is 8.97. The molecule has 0 atom stereocenters. The van der Waals surface area contributed by atoms with E-state index in [1.54, 1.807) is 12.1 Å². The molecule has 1 fully saturated rings. The predicted octanol–water partition coefficient (Wildman–Crippen LogP) is 4.15. The van der Waals surface area contributed by atoms with Crippen LogP contribution in [0.25, 0.3) is 0 Å². The maximum absolute atomic E-state index is 13.0. The number of halogens is 1. The van der Waals surface area contributed by atoms with Gasteiger partial charge < -0.3 is 4.90 Å². The summed E-state index contributed by atoms with van der Waals surface area (Å²) in [4.78, 5) is 2.61. The first-order valence-corrected chi connectivity index (χ1v) is 9.24. The van der Waals surface area contributed by atoms with Gasteiger partial charge in [-0.3, -0.25) is 4.68 Å². The lowest BCUT2D eigenvalue weighted by Crippen LogP contribution is -2.35. The van der Waals surface area contributed by atoms with Crippen LogP contribution in [-0.2, 0) is 13.0 Å². The zero-order valence-corrected chi connectivity index (χ0v) is 14.4. The number of nitrogens with zero attached hydrogens (tertiary/aromatic N) is 3. The molecule has 1 aromatic heterocycles. The monoisotopic (exact) mass is 329 g/mol. The smallest absolute Gasteiger partial charge is 0.123 e. The van der Waals surface area contributed by atoms with Gasteiger partial charge in [0.2, 0.25) is 0 Å². The molecular formula is C20H28FN3. The van der Waals surface area contributed by atoms with Gasteiger partial charge in [0.05, 0.1) is 0 Å². The van der Waals surface area contributed by atoms with Crippen LogP contribution < -0.4 is 0 Å². The largest absolute Gasteiger partial charge is 0.303 e. The summed E-state index contributed by atoms with van der Waals surface area (Å²) in [7, 11) is 0. The number of unbranched alkanes of at least 4 members (excludes halogenated alkanes) is 2. The van der Waals surface area contributed by atoms with Crippen LogP contribution in [0.2, 0.25) is 0 Å². The van der Waals surface area contributed by atoms with Crippen molar-refractivity contribution >= 4 is 0 Å². The number of hydrogen-bond donors (Lipinski definition) is 0. The van der Waals surface area contributed by atoms with E-state index in [9.17, 15) is 4.39 Å². The lowest BCUT2D eigenvalue weighted by Gasteiger charge is -2.32. The van der Waals surface area contributed by atoms with Gasteiger partial charge in [0.1, 0.15) is 5.82 Å². The van der Waals surface area contributed by atoms with Gasteiger partial charge in [0, 0.05) is 18.9 Å². The first-order chi connectivity index (χ1) is 11.8. The molecule has 0 unspecified atom stereocenters. The number of aromatic nitrogens is 2. The second-order valence-electron chi connectivity index (χ2n) is 6.95. The highest BCUT2D eigenvalue weighted by molar-refractivity contribution is 5.16. The molecule has 3 rings (SSSR count). The highest BCUT2D eigenvalue weighted by Crippen LogP contribution is 2.22. The maximum atomic E-state index is 13.0. The summed E-state index contributed by atoms with van der Waals surface area (Å²) in [5.74, 6) is 0.618. The summed E-state index contributed by atoms with van der Waals surface area (Å²) in [6, 6.07) is 9.00. The van der Waals surface area contributed by atoms with Gasteiger partial charge in [0.15, 0.2) is 0 Å². The summed E-state index contributed by atoms with van der Waals surface area (Å²) in [5, 5.41) is 4.24. The summed E-state index contributed by atoms with van der Waals surface area (Å²) in [6.07, 6.45) is 11.3. The van der Waals surface area contributed by atoms with Crippen LogP contribution in [0.1, 0.15) is 37.7 Å². The van der Waals surface area contributed by atoms with Gasteiger partial charge in [0.25, 0.3) is 0 Å². The van der Waals surface area contributed by atoms with Gasteiger partial charge in [-0.25, -0.2) is 4.39 Å². The SMILES string of the molecule is Fc1ccc(CC2CCN(CCCCCn3cccn3)CC2)cc1. The fraction of sp³-hybridized carbons (Fsp3) is 0.550. The van der Waals surface area contributed by atoms with E-state index in [1.165, 1.54) is 57.3 Å². The van der Waals surface area contributed by atoms with E-state index in [0.717, 1.165) is 18.9 Å². The van der Waals surface area contributed by atoms with E-state index >= 15 is 0 Å². The molecule has 1 aromatic carbocycles. The van der Waals surface area contributed by atoms with Gasteiger partial charge in [-0.1, -0.05) is 18.6 Å². The third kappa shape index (κ3) is 5.45. The molecule has 0 aliphatic carbocycles. The van der Waals surface area contributed by atoms with E-state index in [2.05, 4.69) is 10.00 Å². The highest BCUT2D eigenvalue weighted by atomic mass is 19.1. The molecule has 0 saturated carbocycles. The topological polar surface area (TPSA) is 21.1 Å². The Hall–Kier alpha value is -1.68. The Morgan fingerprint density at radius 2 is 1.75 bits per heavy atom. The van der Waals surface area contributed by atoms with E-state index in [0.29, 0.717) is 0 Å². The van der Waals surface area contributed by atoms with Crippen LogP contribution in [-0.4, -0.2) is 34.3 Å². The van der Waals surface area contributed by atoms with Gasteiger partial charge in [-0.2, -0.15) is 5.10 Å². The molecule has 2 aromatic rings.